The van der Waals surface area contributed by atoms with Gasteiger partial charge in [-0.25, -0.2) is 0 Å². The molecule has 4 aliphatic carbocycles. The van der Waals surface area contributed by atoms with Gasteiger partial charge in [0.1, 0.15) is 12.1 Å². The van der Waals surface area contributed by atoms with Crippen molar-refractivity contribution < 1.29 is 28.0 Å². The summed E-state index contributed by atoms with van der Waals surface area (Å²) in [5.41, 5.74) is 0.377. The Morgan fingerprint density at radius 3 is 1.79 bits per heavy atom. The van der Waals surface area contributed by atoms with Crippen LogP contribution in [0.3, 0.4) is 0 Å². The topological polar surface area (TPSA) is 52.6 Å². The van der Waals surface area contributed by atoms with Crippen molar-refractivity contribution >= 4 is 45.9 Å². The van der Waals surface area contributed by atoms with Crippen LogP contribution in [0.4, 0.5) is 0 Å². The van der Waals surface area contributed by atoms with Gasteiger partial charge in [0.15, 0.2) is 12.2 Å². The lowest BCUT2D eigenvalue weighted by molar-refractivity contribution is -0.943. The van der Waals surface area contributed by atoms with E-state index in [4.69, 9.17) is 9.47 Å². The van der Waals surface area contributed by atoms with Gasteiger partial charge in [-0.3, -0.25) is 9.59 Å². The van der Waals surface area contributed by atoms with Crippen LogP contribution in [0.15, 0.2) is 0 Å². The number of rotatable bonds is 4. The Labute approximate surface area is 283 Å². The molecule has 6 rings (SSSR count). The van der Waals surface area contributed by atoms with Crippen molar-refractivity contribution in [1.29, 1.82) is 0 Å². The van der Waals surface area contributed by atoms with Gasteiger partial charge in [-0.1, -0.05) is 13.8 Å². The molecule has 6 fully saturated rings. The fourth-order valence-electron chi connectivity index (χ4n) is 12.3. The molecular weight excluding hydrogens is 672 g/mol. The number of carbonyl (C=O) groups is 2. The fourth-order valence-corrected chi connectivity index (χ4v) is 12.3. The number of esters is 2. The molecule has 0 radical (unpaired) electrons. The number of ether oxygens (including phenoxy) is 2. The van der Waals surface area contributed by atoms with Crippen molar-refractivity contribution in [2.24, 2.45) is 34.5 Å². The van der Waals surface area contributed by atoms with Gasteiger partial charge in [0.2, 0.25) is 0 Å². The molecule has 4 saturated carbocycles. The molecule has 0 unspecified atom stereocenters. The third-order valence-corrected chi connectivity index (χ3v) is 14.5. The summed E-state index contributed by atoms with van der Waals surface area (Å²) in [6.45, 7) is 13.3. The van der Waals surface area contributed by atoms with Crippen LogP contribution < -0.4 is 0 Å². The van der Waals surface area contributed by atoms with E-state index in [2.05, 4.69) is 27.9 Å². The Hall–Kier alpha value is -0.180. The van der Waals surface area contributed by atoms with E-state index in [9.17, 15) is 9.59 Å². The molecule has 10 atom stereocenters. The number of quaternary nitrogens is 2. The zero-order chi connectivity index (χ0) is 29.2. The summed E-state index contributed by atoms with van der Waals surface area (Å²) in [5.74, 6) is 2.52. The summed E-state index contributed by atoms with van der Waals surface area (Å²) in [5, 5.41) is 0. The maximum Gasteiger partial charge on any atom is 0.303 e. The lowest BCUT2D eigenvalue weighted by Gasteiger charge is -2.63. The predicted molar refractivity (Wildman–Crippen MR) is 181 cm³/mol. The van der Waals surface area contributed by atoms with E-state index in [1.807, 2.05) is 0 Å². The van der Waals surface area contributed by atoms with Crippen molar-refractivity contribution in [1.82, 2.24) is 0 Å². The van der Waals surface area contributed by atoms with E-state index >= 15 is 0 Å². The normalized spacial score (nSPS) is 44.7. The van der Waals surface area contributed by atoms with Crippen molar-refractivity contribution in [2.75, 3.05) is 40.3 Å². The molecule has 0 N–H and O–H groups in total. The number of fused-ring (bicyclic) bond motifs is 5. The summed E-state index contributed by atoms with van der Waals surface area (Å²) < 4.78 is 14.7. The third-order valence-electron chi connectivity index (χ3n) is 14.5. The van der Waals surface area contributed by atoms with Gasteiger partial charge in [0, 0.05) is 32.1 Å². The Balaban J connectivity index is 0.00000212. The van der Waals surface area contributed by atoms with E-state index < -0.39 is 0 Å². The molecule has 0 aromatic carbocycles. The van der Waals surface area contributed by atoms with Crippen molar-refractivity contribution in [3.8, 4) is 0 Å². The van der Waals surface area contributed by atoms with E-state index in [1.165, 1.54) is 103 Å². The highest BCUT2D eigenvalue weighted by Gasteiger charge is 2.68. The first-order valence-electron chi connectivity index (χ1n) is 17.4. The van der Waals surface area contributed by atoms with E-state index in [0.29, 0.717) is 35.3 Å². The first-order chi connectivity index (χ1) is 19.4. The maximum atomic E-state index is 12.5. The Bertz CT molecular complexity index is 1010. The van der Waals surface area contributed by atoms with Crippen LogP contribution in [0.5, 0.6) is 0 Å². The largest absolute Gasteiger partial charge is 0.456 e. The standard InChI is InChI=1S/C35H60N2O4.2BrH/c1-24(38)40-32-21-26-13-14-27-28(35(26,4)23-31(32)37(6)19-11-8-12-20-37)15-16-34(3)29(27)22-30(33(34)41-25(2)39)36(5)17-9-7-10-18-36;;/h26-33H,7-23H2,1-6H3;2*1H/q+2;;/t26-,27+,28-,29-,30-,31-,32-,33-,34-,35-;;/m0../s1. The maximum absolute atomic E-state index is 12.5. The van der Waals surface area contributed by atoms with Crippen LogP contribution in [-0.2, 0) is 19.1 Å². The zero-order valence-corrected chi connectivity index (χ0v) is 31.4. The molecule has 2 heterocycles. The molecule has 6 nitrogen and oxygen atoms in total. The Morgan fingerprint density at radius 1 is 0.674 bits per heavy atom. The average Bonchev–Trinajstić information content (AvgIpc) is 3.21. The van der Waals surface area contributed by atoms with Gasteiger partial charge in [0.05, 0.1) is 40.3 Å². The summed E-state index contributed by atoms with van der Waals surface area (Å²) in [4.78, 5) is 24.8. The Kier molecular flexibility index (Phi) is 10.9. The first kappa shape index (κ1) is 35.7. The van der Waals surface area contributed by atoms with Crippen LogP contribution in [0.25, 0.3) is 0 Å². The van der Waals surface area contributed by atoms with E-state index in [-0.39, 0.29) is 63.5 Å². The minimum absolute atomic E-state index is 0. The van der Waals surface area contributed by atoms with Crippen LogP contribution in [0.2, 0.25) is 0 Å². The lowest BCUT2D eigenvalue weighted by Crippen LogP contribution is -2.66. The van der Waals surface area contributed by atoms with Crippen molar-refractivity contribution in [3.63, 3.8) is 0 Å². The zero-order valence-electron chi connectivity index (χ0n) is 28.0. The number of likely N-dealkylation sites (tertiary alicyclic amines) is 2. The number of carbonyl (C=O) groups excluding carboxylic acids is 2. The monoisotopic (exact) mass is 732 g/mol. The number of likely N-dealkylation sites (N-methyl/N-ethyl adjacent to an activating group) is 2. The number of hydrogen-bond acceptors (Lipinski definition) is 4. The number of halogens is 2. The smallest absolute Gasteiger partial charge is 0.303 e. The predicted octanol–water partition coefficient (Wildman–Crippen LogP) is 7.27. The molecule has 6 aliphatic rings. The second kappa shape index (κ2) is 13.1. The molecule has 0 amide bonds. The molecule has 43 heavy (non-hydrogen) atoms. The van der Waals surface area contributed by atoms with Crippen molar-refractivity contribution in [2.45, 2.75) is 135 Å². The van der Waals surface area contributed by atoms with Crippen LogP contribution in [0.1, 0.15) is 111 Å². The third kappa shape index (κ3) is 6.15. The molecule has 8 heteroatoms. The van der Waals surface area contributed by atoms with Crippen LogP contribution >= 0.6 is 34.0 Å². The molecule has 0 bridgehead atoms. The SMILES string of the molecule is Br.Br.CC(=O)O[C@H]1C[C@@H]2CC[C@@H]3[C@H](CC[C@@]4(C)[C@H]3C[C@H]([N+]3(C)CCCCC3)[C@@H]4OC(C)=O)[C@@]2(C)C[C@@H]1[N+]1(C)CCCCC1. The lowest BCUT2D eigenvalue weighted by atomic mass is 9.44. The number of piperidine rings is 2. The molecule has 2 saturated heterocycles. The summed E-state index contributed by atoms with van der Waals surface area (Å²) in [6, 6.07) is 0.846. The van der Waals surface area contributed by atoms with Gasteiger partial charge >= 0.3 is 11.9 Å². The minimum atomic E-state index is -0.0998. The quantitative estimate of drug-likeness (QED) is 0.226. The molecular formula is C35H62Br2N2O4+2. The second-order valence-corrected chi connectivity index (χ2v) is 16.7. The fraction of sp³-hybridized carbons (Fsp3) is 0.943. The number of hydrogen-bond donors (Lipinski definition) is 0. The van der Waals surface area contributed by atoms with Gasteiger partial charge in [-0.15, -0.1) is 34.0 Å². The highest BCUT2D eigenvalue weighted by molar-refractivity contribution is 8.93. The molecule has 248 valence electrons. The molecule has 0 aromatic rings. The minimum Gasteiger partial charge on any atom is -0.456 e. The second-order valence-electron chi connectivity index (χ2n) is 16.7. The molecule has 2 aliphatic heterocycles. The highest BCUT2D eigenvalue weighted by Crippen LogP contribution is 2.68. The summed E-state index contributed by atoms with van der Waals surface area (Å²) in [7, 11) is 4.94. The van der Waals surface area contributed by atoms with E-state index in [0.717, 1.165) is 21.3 Å². The number of nitrogens with zero attached hydrogens (tertiary/aromatic N) is 2. The Morgan fingerprint density at radius 2 is 1.23 bits per heavy atom. The summed E-state index contributed by atoms with van der Waals surface area (Å²) >= 11 is 0. The van der Waals surface area contributed by atoms with Crippen molar-refractivity contribution in [3.05, 3.63) is 0 Å². The van der Waals surface area contributed by atoms with Gasteiger partial charge in [-0.05, 0) is 99.7 Å². The van der Waals surface area contributed by atoms with Gasteiger partial charge in [-0.2, -0.15) is 0 Å². The summed E-state index contributed by atoms with van der Waals surface area (Å²) in [6.07, 6.45) is 16.4. The van der Waals surface area contributed by atoms with E-state index in [1.54, 1.807) is 13.8 Å². The highest BCUT2D eigenvalue weighted by atomic mass is 79.9. The van der Waals surface area contributed by atoms with Crippen LogP contribution in [0, 0.1) is 34.5 Å². The van der Waals surface area contributed by atoms with Crippen LogP contribution in [-0.4, -0.2) is 85.5 Å². The molecule has 0 aromatic heterocycles. The average molecular weight is 735 g/mol. The first-order valence-corrected chi connectivity index (χ1v) is 17.4. The van der Waals surface area contributed by atoms with Gasteiger partial charge < -0.3 is 18.4 Å². The van der Waals surface area contributed by atoms with Gasteiger partial charge in [0.25, 0.3) is 0 Å². The molecule has 0 spiro atoms.